The van der Waals surface area contributed by atoms with E-state index in [0.717, 1.165) is 86.9 Å². The fraction of sp³-hybridized carbons (Fsp3) is 0.667. The Morgan fingerprint density at radius 2 is 1.65 bits per heavy atom. The molecule has 0 bridgehead atoms. The van der Waals surface area contributed by atoms with Gasteiger partial charge in [-0.25, -0.2) is 9.97 Å². The first-order valence-electron chi connectivity index (χ1n) is 14.4. The lowest BCUT2D eigenvalue weighted by molar-refractivity contribution is 0.0518. The minimum absolute atomic E-state index is 0.0806. The van der Waals surface area contributed by atoms with Crippen LogP contribution in [-0.2, 0) is 11.2 Å². The number of anilines is 1. The molecule has 5 rings (SSSR count). The Bertz CT molecular complexity index is 1020. The first kappa shape index (κ1) is 27.2. The van der Waals surface area contributed by atoms with E-state index in [9.17, 15) is 5.11 Å². The third-order valence-electron chi connectivity index (χ3n) is 8.93. The zero-order valence-electron chi connectivity index (χ0n) is 21.8. The van der Waals surface area contributed by atoms with Gasteiger partial charge in [-0.05, 0) is 106 Å². The van der Waals surface area contributed by atoms with E-state index in [-0.39, 0.29) is 6.10 Å². The number of aryl methyl sites for hydroxylation is 1. The molecule has 1 aliphatic heterocycles. The monoisotopic (exact) mass is 545 g/mol. The molecule has 2 N–H and O–H groups in total. The number of aromatic nitrogens is 2. The van der Waals surface area contributed by atoms with Crippen molar-refractivity contribution in [1.29, 1.82) is 0 Å². The smallest absolute Gasteiger partial charge is 0.136 e. The highest BCUT2D eigenvalue weighted by Gasteiger charge is 2.29. The maximum absolute atomic E-state index is 10.4. The molecule has 7 heteroatoms. The highest BCUT2D eigenvalue weighted by atomic mass is 35.5. The predicted molar refractivity (Wildman–Crippen MR) is 151 cm³/mol. The summed E-state index contributed by atoms with van der Waals surface area (Å²) in [5, 5.41) is 15.1. The fourth-order valence-electron chi connectivity index (χ4n) is 6.59. The van der Waals surface area contributed by atoms with Crippen molar-refractivity contribution in [2.24, 2.45) is 17.8 Å². The van der Waals surface area contributed by atoms with Gasteiger partial charge >= 0.3 is 0 Å². The van der Waals surface area contributed by atoms with Crippen molar-refractivity contribution in [3.8, 4) is 11.1 Å². The molecule has 202 valence electrons. The van der Waals surface area contributed by atoms with Crippen molar-refractivity contribution in [3.63, 3.8) is 0 Å². The molecule has 2 aromatic heterocycles. The van der Waals surface area contributed by atoms with Crippen molar-refractivity contribution < 1.29 is 9.84 Å². The van der Waals surface area contributed by atoms with E-state index in [1.807, 2.05) is 12.3 Å². The number of nitrogens with zero attached hydrogens (tertiary/aromatic N) is 2. The predicted octanol–water partition coefficient (Wildman–Crippen LogP) is 7.72. The van der Waals surface area contributed by atoms with Crippen LogP contribution < -0.4 is 5.32 Å². The quantitative estimate of drug-likeness (QED) is 0.332. The first-order valence-corrected chi connectivity index (χ1v) is 15.1. The standard InChI is InChI=1S/C30H41Cl2N3O2/c31-27-19-33-29(35-24-9-7-21(8-10-24)15-23-3-1-2-4-28(23)36)17-25(27)26-16-22(18-34-30(26)32)6-5-20-11-13-37-14-12-20/h16-21,23-24,28,36H,1-15H2,(H,33,35)/t21?,23-,24?,28+/m1/s1. The number of halogens is 2. The van der Waals surface area contributed by atoms with E-state index in [2.05, 4.69) is 21.4 Å². The number of hydrogen-bond acceptors (Lipinski definition) is 5. The molecule has 3 fully saturated rings. The summed E-state index contributed by atoms with van der Waals surface area (Å²) in [7, 11) is 0. The Hall–Kier alpha value is -1.40. The van der Waals surface area contributed by atoms with Gasteiger partial charge in [-0.15, -0.1) is 0 Å². The molecule has 2 aliphatic carbocycles. The van der Waals surface area contributed by atoms with Crippen LogP contribution in [0.1, 0.15) is 82.6 Å². The summed E-state index contributed by atoms with van der Waals surface area (Å²) in [6.07, 6.45) is 18.5. The Labute approximate surface area is 231 Å². The van der Waals surface area contributed by atoms with Crippen LogP contribution in [0.4, 0.5) is 5.82 Å². The number of rotatable bonds is 8. The third-order valence-corrected chi connectivity index (χ3v) is 9.53. The van der Waals surface area contributed by atoms with Gasteiger partial charge in [0, 0.05) is 42.8 Å². The molecule has 0 radical (unpaired) electrons. The number of aliphatic hydroxyl groups is 1. The van der Waals surface area contributed by atoms with Crippen molar-refractivity contribution in [3.05, 3.63) is 40.3 Å². The largest absolute Gasteiger partial charge is 0.393 e. The fourth-order valence-corrected chi connectivity index (χ4v) is 7.00. The number of ether oxygens (including phenoxy) is 1. The van der Waals surface area contributed by atoms with E-state index in [1.165, 1.54) is 44.1 Å². The van der Waals surface area contributed by atoms with Crippen molar-refractivity contribution in [1.82, 2.24) is 9.97 Å². The van der Waals surface area contributed by atoms with Gasteiger partial charge in [0.2, 0.25) is 0 Å². The van der Waals surface area contributed by atoms with Gasteiger partial charge in [-0.3, -0.25) is 0 Å². The second kappa shape index (κ2) is 13.1. The highest BCUT2D eigenvalue weighted by molar-refractivity contribution is 6.35. The summed E-state index contributed by atoms with van der Waals surface area (Å²) in [5.41, 5.74) is 2.94. The van der Waals surface area contributed by atoms with E-state index in [4.69, 9.17) is 27.9 Å². The van der Waals surface area contributed by atoms with Crippen LogP contribution in [0.15, 0.2) is 24.5 Å². The van der Waals surface area contributed by atoms with Gasteiger partial charge in [-0.1, -0.05) is 36.0 Å². The van der Waals surface area contributed by atoms with E-state index in [0.29, 0.717) is 22.1 Å². The average Bonchev–Trinajstić information content (AvgIpc) is 2.92. The summed E-state index contributed by atoms with van der Waals surface area (Å²) >= 11 is 13.2. The lowest BCUT2D eigenvalue weighted by Gasteiger charge is -2.34. The Morgan fingerprint density at radius 3 is 2.43 bits per heavy atom. The summed E-state index contributed by atoms with van der Waals surface area (Å²) < 4.78 is 5.50. The SMILES string of the molecule is O[C@H]1CCCC[C@@H]1CC1CCC(Nc2cc(-c3cc(CCC4CCOCC4)cnc3Cl)c(Cl)cn2)CC1. The van der Waals surface area contributed by atoms with Gasteiger partial charge < -0.3 is 15.2 Å². The second-order valence-electron chi connectivity index (χ2n) is 11.5. The van der Waals surface area contributed by atoms with Crippen molar-refractivity contribution in [2.75, 3.05) is 18.5 Å². The van der Waals surface area contributed by atoms with Crippen LogP contribution >= 0.6 is 23.2 Å². The minimum atomic E-state index is -0.0806. The Morgan fingerprint density at radius 1 is 0.865 bits per heavy atom. The molecule has 0 unspecified atom stereocenters. The second-order valence-corrected chi connectivity index (χ2v) is 12.3. The van der Waals surface area contributed by atoms with E-state index >= 15 is 0 Å². The Balaban J connectivity index is 1.19. The lowest BCUT2D eigenvalue weighted by Crippen LogP contribution is -2.30. The highest BCUT2D eigenvalue weighted by Crippen LogP contribution is 2.38. The topological polar surface area (TPSA) is 67.3 Å². The first-order chi connectivity index (χ1) is 18.0. The molecule has 37 heavy (non-hydrogen) atoms. The van der Waals surface area contributed by atoms with Gasteiger partial charge in [-0.2, -0.15) is 0 Å². The number of hydrogen-bond donors (Lipinski definition) is 2. The molecule has 2 saturated carbocycles. The molecule has 2 atom stereocenters. The number of nitrogens with one attached hydrogen (secondary N) is 1. The summed E-state index contributed by atoms with van der Waals surface area (Å²) in [6, 6.07) is 4.58. The van der Waals surface area contributed by atoms with Crippen LogP contribution in [-0.4, -0.2) is 40.4 Å². The molecule has 5 nitrogen and oxygen atoms in total. The summed E-state index contributed by atoms with van der Waals surface area (Å²) in [4.78, 5) is 9.07. The summed E-state index contributed by atoms with van der Waals surface area (Å²) in [6.45, 7) is 1.75. The van der Waals surface area contributed by atoms with E-state index in [1.54, 1.807) is 6.20 Å². The summed E-state index contributed by atoms with van der Waals surface area (Å²) in [5.74, 6) is 2.80. The van der Waals surface area contributed by atoms with Gasteiger partial charge in [0.1, 0.15) is 11.0 Å². The van der Waals surface area contributed by atoms with Crippen molar-refractivity contribution >= 4 is 29.0 Å². The molecule has 2 aromatic rings. The molecule has 0 amide bonds. The Kier molecular flexibility index (Phi) is 9.62. The zero-order valence-corrected chi connectivity index (χ0v) is 23.3. The third kappa shape index (κ3) is 7.38. The maximum Gasteiger partial charge on any atom is 0.136 e. The van der Waals surface area contributed by atoms with Gasteiger partial charge in [0.05, 0.1) is 11.1 Å². The zero-order chi connectivity index (χ0) is 25.6. The van der Waals surface area contributed by atoms with Crippen molar-refractivity contribution in [2.45, 2.75) is 95.6 Å². The average molecular weight is 547 g/mol. The normalized spacial score (nSPS) is 27.2. The molecule has 0 spiro atoms. The van der Waals surface area contributed by atoms with Gasteiger partial charge in [0.25, 0.3) is 0 Å². The molecule has 3 aliphatic rings. The van der Waals surface area contributed by atoms with Crippen LogP contribution in [0, 0.1) is 17.8 Å². The van der Waals surface area contributed by atoms with Crippen LogP contribution in [0.2, 0.25) is 10.2 Å². The molecule has 0 aromatic carbocycles. The number of aliphatic hydroxyl groups excluding tert-OH is 1. The maximum atomic E-state index is 10.4. The molecular weight excluding hydrogens is 505 g/mol. The van der Waals surface area contributed by atoms with Crippen LogP contribution in [0.5, 0.6) is 0 Å². The molecular formula is C30H41Cl2N3O2. The minimum Gasteiger partial charge on any atom is -0.393 e. The molecule has 1 saturated heterocycles. The van der Waals surface area contributed by atoms with Crippen LogP contribution in [0.3, 0.4) is 0 Å². The molecule has 3 heterocycles. The number of pyridine rings is 2. The lowest BCUT2D eigenvalue weighted by atomic mass is 9.75. The van der Waals surface area contributed by atoms with Crippen LogP contribution in [0.25, 0.3) is 11.1 Å². The van der Waals surface area contributed by atoms with Gasteiger partial charge in [0.15, 0.2) is 0 Å². The van der Waals surface area contributed by atoms with E-state index < -0.39 is 0 Å².